The molecule has 0 heterocycles. The van der Waals surface area contributed by atoms with E-state index in [0.717, 1.165) is 31.5 Å². The molecule has 1 aromatic rings. The Hall–Kier alpha value is -1.71. The summed E-state index contributed by atoms with van der Waals surface area (Å²) in [4.78, 5) is 13.3. The van der Waals surface area contributed by atoms with Crippen LogP contribution in [0.2, 0.25) is 0 Å². The largest absolute Gasteiger partial charge is 0.478 e. The van der Waals surface area contributed by atoms with Crippen molar-refractivity contribution in [1.82, 2.24) is 0 Å². The molecule has 0 aromatic heterocycles. The number of hydrogen-bond donors (Lipinski definition) is 2. The number of nitrogens with two attached hydrogens (primary N) is 1. The van der Waals surface area contributed by atoms with Gasteiger partial charge in [-0.05, 0) is 38.0 Å². The summed E-state index contributed by atoms with van der Waals surface area (Å²) in [5.41, 5.74) is 7.33. The van der Waals surface area contributed by atoms with Gasteiger partial charge >= 0.3 is 5.97 Å². The van der Waals surface area contributed by atoms with Crippen molar-refractivity contribution in [2.45, 2.75) is 46.1 Å². The number of rotatable bonds is 7. The monoisotopic (exact) mass is 264 g/mol. The molecular formula is C15H24N2O2. The van der Waals surface area contributed by atoms with Gasteiger partial charge in [0.25, 0.3) is 0 Å². The lowest BCUT2D eigenvalue weighted by Crippen LogP contribution is -2.33. The van der Waals surface area contributed by atoms with Crippen LogP contribution < -0.4 is 10.6 Å². The Kier molecular flexibility index (Phi) is 5.67. The van der Waals surface area contributed by atoms with E-state index in [1.165, 1.54) is 0 Å². The van der Waals surface area contributed by atoms with Gasteiger partial charge in [0.05, 0.1) is 5.56 Å². The van der Waals surface area contributed by atoms with Crippen molar-refractivity contribution in [2.75, 3.05) is 17.2 Å². The minimum atomic E-state index is -0.979. The zero-order valence-electron chi connectivity index (χ0n) is 12.0. The number of nitrogen functional groups attached to an aromatic ring is 1. The maximum atomic E-state index is 11.0. The van der Waals surface area contributed by atoms with Gasteiger partial charge in [0.1, 0.15) is 0 Å². The van der Waals surface area contributed by atoms with Gasteiger partial charge in [-0.15, -0.1) is 0 Å². The third-order valence-electron chi connectivity index (χ3n) is 3.47. The van der Waals surface area contributed by atoms with E-state index in [4.69, 9.17) is 10.8 Å². The topological polar surface area (TPSA) is 66.6 Å². The second-order valence-corrected chi connectivity index (χ2v) is 4.88. The van der Waals surface area contributed by atoms with Crippen molar-refractivity contribution in [3.63, 3.8) is 0 Å². The molecule has 0 aliphatic carbocycles. The molecular weight excluding hydrogens is 240 g/mol. The van der Waals surface area contributed by atoms with Crippen LogP contribution in [0.1, 0.15) is 50.4 Å². The lowest BCUT2D eigenvalue weighted by Gasteiger charge is -2.31. The molecule has 0 saturated carbocycles. The summed E-state index contributed by atoms with van der Waals surface area (Å²) in [6, 6.07) is 5.63. The van der Waals surface area contributed by atoms with E-state index in [9.17, 15) is 4.79 Å². The molecule has 0 aliphatic rings. The van der Waals surface area contributed by atoms with Crippen LogP contribution in [0.25, 0.3) is 0 Å². The predicted octanol–water partition coefficient (Wildman–Crippen LogP) is 3.37. The highest BCUT2D eigenvalue weighted by atomic mass is 16.4. The number of benzene rings is 1. The molecule has 3 N–H and O–H groups in total. The molecule has 4 nitrogen and oxygen atoms in total. The second kappa shape index (κ2) is 7.02. The number of aromatic carboxylic acids is 1. The van der Waals surface area contributed by atoms with Gasteiger partial charge in [-0.2, -0.15) is 0 Å². The minimum absolute atomic E-state index is 0.170. The van der Waals surface area contributed by atoms with Crippen molar-refractivity contribution in [3.05, 3.63) is 23.8 Å². The molecule has 0 aliphatic heterocycles. The average Bonchev–Trinajstić information content (AvgIpc) is 2.38. The third-order valence-corrected chi connectivity index (χ3v) is 3.47. The molecule has 0 spiro atoms. The highest BCUT2D eigenvalue weighted by Gasteiger charge is 2.15. The highest BCUT2D eigenvalue weighted by molar-refractivity contribution is 5.94. The van der Waals surface area contributed by atoms with Crippen molar-refractivity contribution in [1.29, 1.82) is 0 Å². The molecule has 1 atom stereocenters. The van der Waals surface area contributed by atoms with Crippen molar-refractivity contribution in [2.24, 2.45) is 0 Å². The lowest BCUT2D eigenvalue weighted by molar-refractivity contribution is 0.0698. The lowest BCUT2D eigenvalue weighted by atomic mass is 10.1. The summed E-state index contributed by atoms with van der Waals surface area (Å²) in [6.45, 7) is 7.46. The molecule has 1 rings (SSSR count). The Balaban J connectivity index is 3.02. The Morgan fingerprint density at radius 1 is 1.42 bits per heavy atom. The summed E-state index contributed by atoms with van der Waals surface area (Å²) in [5.74, 6) is -0.979. The van der Waals surface area contributed by atoms with Crippen molar-refractivity contribution >= 4 is 17.3 Å². The van der Waals surface area contributed by atoms with E-state index in [-0.39, 0.29) is 5.56 Å². The minimum Gasteiger partial charge on any atom is -0.478 e. The van der Waals surface area contributed by atoms with Gasteiger partial charge in [0.15, 0.2) is 0 Å². The van der Waals surface area contributed by atoms with Crippen LogP contribution in [0, 0.1) is 0 Å². The molecule has 1 unspecified atom stereocenters. The van der Waals surface area contributed by atoms with E-state index < -0.39 is 5.97 Å². The Morgan fingerprint density at radius 3 is 2.58 bits per heavy atom. The average molecular weight is 264 g/mol. The number of carboxylic acids is 1. The summed E-state index contributed by atoms with van der Waals surface area (Å²) in [6.07, 6.45) is 3.30. The maximum absolute atomic E-state index is 11.0. The number of nitrogens with zero attached hydrogens (tertiary/aromatic N) is 1. The van der Waals surface area contributed by atoms with Crippen LogP contribution in [0.5, 0.6) is 0 Å². The molecule has 4 heteroatoms. The molecule has 0 amide bonds. The second-order valence-electron chi connectivity index (χ2n) is 4.88. The number of hydrogen-bond acceptors (Lipinski definition) is 3. The zero-order chi connectivity index (χ0) is 14.4. The van der Waals surface area contributed by atoms with Crippen LogP contribution in [-0.2, 0) is 0 Å². The van der Waals surface area contributed by atoms with E-state index >= 15 is 0 Å². The number of carbonyl (C=O) groups is 1. The molecule has 106 valence electrons. The summed E-state index contributed by atoms with van der Waals surface area (Å²) < 4.78 is 0. The maximum Gasteiger partial charge on any atom is 0.337 e. The van der Waals surface area contributed by atoms with Gasteiger partial charge in [-0.3, -0.25) is 0 Å². The van der Waals surface area contributed by atoms with Crippen LogP contribution >= 0.6 is 0 Å². The Morgan fingerprint density at radius 2 is 2.11 bits per heavy atom. The normalized spacial score (nSPS) is 12.2. The number of unbranched alkanes of at least 4 members (excludes halogenated alkanes) is 1. The van der Waals surface area contributed by atoms with Crippen LogP contribution in [0.3, 0.4) is 0 Å². The van der Waals surface area contributed by atoms with Gasteiger partial charge in [-0.25, -0.2) is 4.79 Å². The molecule has 0 fully saturated rings. The van der Waals surface area contributed by atoms with Crippen LogP contribution in [-0.4, -0.2) is 23.7 Å². The fraction of sp³-hybridized carbons (Fsp3) is 0.533. The number of carboxylic acid groups (broad SMARTS) is 1. The molecule has 19 heavy (non-hydrogen) atoms. The molecule has 0 bridgehead atoms. The van der Waals surface area contributed by atoms with Crippen LogP contribution in [0.4, 0.5) is 11.4 Å². The molecule has 0 saturated heterocycles. The van der Waals surface area contributed by atoms with E-state index in [0.29, 0.717) is 11.7 Å². The SMILES string of the molecule is CCCCN(c1ccc(C(=O)O)c(N)c1)C(C)CC. The fourth-order valence-electron chi connectivity index (χ4n) is 2.08. The quantitative estimate of drug-likeness (QED) is 0.741. The Labute approximate surface area is 115 Å². The van der Waals surface area contributed by atoms with E-state index in [2.05, 4.69) is 25.7 Å². The smallest absolute Gasteiger partial charge is 0.337 e. The zero-order valence-corrected chi connectivity index (χ0v) is 12.0. The molecule has 1 aromatic carbocycles. The summed E-state index contributed by atoms with van der Waals surface area (Å²) in [5, 5.41) is 9.00. The fourth-order valence-corrected chi connectivity index (χ4v) is 2.08. The van der Waals surface area contributed by atoms with E-state index in [1.807, 2.05) is 6.07 Å². The standard InChI is InChI=1S/C15H24N2O2/c1-4-6-9-17(11(3)5-2)12-7-8-13(15(18)19)14(16)10-12/h7-8,10-11H,4-6,9,16H2,1-3H3,(H,18,19). The van der Waals surface area contributed by atoms with Gasteiger partial charge in [0, 0.05) is 24.0 Å². The first-order valence-corrected chi connectivity index (χ1v) is 6.90. The number of anilines is 2. The van der Waals surface area contributed by atoms with E-state index in [1.54, 1.807) is 12.1 Å². The van der Waals surface area contributed by atoms with Gasteiger partial charge < -0.3 is 15.7 Å². The van der Waals surface area contributed by atoms with Crippen LogP contribution in [0.15, 0.2) is 18.2 Å². The summed E-state index contributed by atoms with van der Waals surface area (Å²) >= 11 is 0. The predicted molar refractivity (Wildman–Crippen MR) is 79.8 cm³/mol. The van der Waals surface area contributed by atoms with Crippen molar-refractivity contribution < 1.29 is 9.90 Å². The van der Waals surface area contributed by atoms with Crippen molar-refractivity contribution in [3.8, 4) is 0 Å². The third kappa shape index (κ3) is 3.88. The Bertz CT molecular complexity index is 432. The first-order valence-electron chi connectivity index (χ1n) is 6.90. The summed E-state index contributed by atoms with van der Waals surface area (Å²) in [7, 11) is 0. The highest BCUT2D eigenvalue weighted by Crippen LogP contribution is 2.24. The first kappa shape index (κ1) is 15.3. The van der Waals surface area contributed by atoms with Gasteiger partial charge in [0.2, 0.25) is 0 Å². The molecule has 0 radical (unpaired) electrons. The van der Waals surface area contributed by atoms with Gasteiger partial charge in [-0.1, -0.05) is 20.3 Å². The first-order chi connectivity index (χ1) is 9.01.